The normalized spacial score (nSPS) is 10.4. The highest BCUT2D eigenvalue weighted by Crippen LogP contribution is 2.20. The summed E-state index contributed by atoms with van der Waals surface area (Å²) in [6, 6.07) is 1.75. The van der Waals surface area contributed by atoms with Crippen molar-refractivity contribution in [2.45, 2.75) is 5.16 Å². The van der Waals surface area contributed by atoms with E-state index in [4.69, 9.17) is 10.5 Å². The molecule has 0 unspecified atom stereocenters. The van der Waals surface area contributed by atoms with Crippen LogP contribution in [0.4, 0.5) is 5.82 Å². The first kappa shape index (κ1) is 10.7. The Morgan fingerprint density at radius 3 is 2.88 bits per heavy atom. The molecular weight excluding hydrogens is 228 g/mol. The van der Waals surface area contributed by atoms with Crippen LogP contribution in [0.5, 0.6) is 11.9 Å². The molecule has 0 saturated carbocycles. The third kappa shape index (κ3) is 2.40. The summed E-state index contributed by atoms with van der Waals surface area (Å²) in [5, 5.41) is 4.51. The number of rotatable bonds is 3. The summed E-state index contributed by atoms with van der Waals surface area (Å²) < 4.78 is 6.87. The predicted molar refractivity (Wildman–Crippen MR) is 59.3 cm³/mol. The Labute approximate surface area is 96.1 Å². The summed E-state index contributed by atoms with van der Waals surface area (Å²) in [6.07, 6.45) is 3.40. The number of thioether (sulfide) groups is 1. The third-order valence-electron chi connectivity index (χ3n) is 1.66. The van der Waals surface area contributed by atoms with Crippen molar-refractivity contribution in [3.05, 3.63) is 12.4 Å². The zero-order valence-corrected chi connectivity index (χ0v) is 9.60. The topological polar surface area (TPSA) is 91.7 Å². The molecule has 0 saturated heterocycles. The van der Waals surface area contributed by atoms with Gasteiger partial charge in [0.25, 0.3) is 0 Å². The number of anilines is 1. The summed E-state index contributed by atoms with van der Waals surface area (Å²) in [5.74, 6) is 0.688. The van der Waals surface area contributed by atoms with Gasteiger partial charge in [0.15, 0.2) is 5.16 Å². The van der Waals surface area contributed by atoms with Crippen molar-refractivity contribution in [3.8, 4) is 11.9 Å². The first-order valence-electron chi connectivity index (χ1n) is 4.39. The van der Waals surface area contributed by atoms with Crippen molar-refractivity contribution >= 4 is 17.6 Å². The zero-order valence-electron chi connectivity index (χ0n) is 8.78. The van der Waals surface area contributed by atoms with Crippen LogP contribution in [-0.4, -0.2) is 31.0 Å². The highest BCUT2D eigenvalue weighted by Gasteiger charge is 2.06. The van der Waals surface area contributed by atoms with E-state index in [1.54, 1.807) is 7.05 Å². The Bertz CT molecular complexity index is 499. The smallest absolute Gasteiger partial charge is 0.342 e. The molecule has 16 heavy (non-hydrogen) atoms. The van der Waals surface area contributed by atoms with Crippen LogP contribution in [0.3, 0.4) is 0 Å². The Balaban J connectivity index is 2.24. The van der Waals surface area contributed by atoms with Crippen LogP contribution in [-0.2, 0) is 7.05 Å². The number of nitrogens with two attached hydrogens (primary N) is 1. The van der Waals surface area contributed by atoms with Gasteiger partial charge in [0, 0.05) is 13.1 Å². The maximum atomic E-state index is 5.60. The van der Waals surface area contributed by atoms with E-state index in [0.29, 0.717) is 16.9 Å². The lowest BCUT2D eigenvalue weighted by atomic mass is 10.6. The Morgan fingerprint density at radius 1 is 1.44 bits per heavy atom. The number of ether oxygens (including phenoxy) is 1. The van der Waals surface area contributed by atoms with Crippen molar-refractivity contribution in [2.75, 3.05) is 12.0 Å². The minimum atomic E-state index is 0.229. The first-order chi connectivity index (χ1) is 7.67. The van der Waals surface area contributed by atoms with Crippen LogP contribution < -0.4 is 10.5 Å². The van der Waals surface area contributed by atoms with Gasteiger partial charge in [-0.25, -0.2) is 4.98 Å². The van der Waals surface area contributed by atoms with E-state index in [1.165, 1.54) is 28.8 Å². The Kier molecular flexibility index (Phi) is 2.91. The Hall–Kier alpha value is -1.83. The van der Waals surface area contributed by atoms with Crippen LogP contribution in [0.15, 0.2) is 17.6 Å². The minimum absolute atomic E-state index is 0.229. The first-order valence-corrected chi connectivity index (χ1v) is 5.62. The molecule has 0 fully saturated rings. The lowest BCUT2D eigenvalue weighted by molar-refractivity contribution is 0.417. The van der Waals surface area contributed by atoms with Crippen LogP contribution in [0.2, 0.25) is 0 Å². The summed E-state index contributed by atoms with van der Waals surface area (Å²) >= 11 is 1.38. The number of hydrogen-bond acceptors (Lipinski definition) is 7. The maximum absolute atomic E-state index is 5.60. The predicted octanol–water partition coefficient (Wildman–Crippen LogP) is 0.701. The van der Waals surface area contributed by atoms with Gasteiger partial charge in [-0.15, -0.1) is 5.10 Å². The largest absolute Gasteiger partial charge is 0.404 e. The van der Waals surface area contributed by atoms with E-state index >= 15 is 0 Å². The number of aryl methyl sites for hydroxylation is 1. The van der Waals surface area contributed by atoms with E-state index < -0.39 is 0 Å². The van der Waals surface area contributed by atoms with Crippen molar-refractivity contribution in [1.82, 2.24) is 24.7 Å². The molecule has 8 heteroatoms. The molecule has 0 amide bonds. The molecular formula is C8H10N6OS. The average molecular weight is 238 g/mol. The average Bonchev–Trinajstić information content (AvgIpc) is 2.63. The summed E-state index contributed by atoms with van der Waals surface area (Å²) in [7, 11) is 1.75. The van der Waals surface area contributed by atoms with Crippen molar-refractivity contribution in [3.63, 3.8) is 0 Å². The molecule has 0 radical (unpaired) electrons. The fourth-order valence-electron chi connectivity index (χ4n) is 1.02. The maximum Gasteiger partial charge on any atom is 0.342 e. The molecule has 0 bridgehead atoms. The van der Waals surface area contributed by atoms with Crippen LogP contribution in [0.25, 0.3) is 0 Å². The molecule has 0 atom stereocenters. The highest BCUT2D eigenvalue weighted by atomic mass is 32.2. The molecule has 0 aliphatic rings. The third-order valence-corrected chi connectivity index (χ3v) is 2.21. The van der Waals surface area contributed by atoms with Crippen LogP contribution >= 0.6 is 11.8 Å². The van der Waals surface area contributed by atoms with E-state index in [2.05, 4.69) is 20.1 Å². The van der Waals surface area contributed by atoms with Gasteiger partial charge in [0.1, 0.15) is 12.1 Å². The molecule has 2 N–H and O–H groups in total. The highest BCUT2D eigenvalue weighted by molar-refractivity contribution is 7.98. The van der Waals surface area contributed by atoms with Crippen molar-refractivity contribution in [1.29, 1.82) is 0 Å². The minimum Gasteiger partial charge on any atom is -0.404 e. The van der Waals surface area contributed by atoms with Crippen molar-refractivity contribution < 1.29 is 4.74 Å². The van der Waals surface area contributed by atoms with E-state index in [-0.39, 0.29) is 6.01 Å². The van der Waals surface area contributed by atoms with Gasteiger partial charge in [0.2, 0.25) is 5.88 Å². The van der Waals surface area contributed by atoms with Gasteiger partial charge < -0.3 is 10.5 Å². The van der Waals surface area contributed by atoms with Crippen LogP contribution in [0, 0.1) is 0 Å². The fraction of sp³-hybridized carbons (Fsp3) is 0.250. The van der Waals surface area contributed by atoms with Gasteiger partial charge in [-0.2, -0.15) is 9.97 Å². The molecule has 2 heterocycles. The molecule has 7 nitrogen and oxygen atoms in total. The quantitative estimate of drug-likeness (QED) is 0.621. The molecule has 84 valence electrons. The van der Waals surface area contributed by atoms with Crippen LogP contribution in [0.1, 0.15) is 0 Å². The lowest BCUT2D eigenvalue weighted by Crippen LogP contribution is -1.98. The van der Waals surface area contributed by atoms with E-state index in [0.717, 1.165) is 0 Å². The summed E-state index contributed by atoms with van der Waals surface area (Å²) in [4.78, 5) is 12.0. The fourth-order valence-corrected chi connectivity index (χ4v) is 1.40. The molecule has 2 aromatic rings. The molecule has 2 aromatic heterocycles. The summed E-state index contributed by atoms with van der Waals surface area (Å²) in [6.45, 7) is 0. The number of hydrogen-bond donors (Lipinski definition) is 1. The molecule has 0 spiro atoms. The molecule has 0 aromatic carbocycles. The second-order valence-electron chi connectivity index (χ2n) is 2.92. The monoisotopic (exact) mass is 238 g/mol. The van der Waals surface area contributed by atoms with Gasteiger partial charge >= 0.3 is 6.01 Å². The van der Waals surface area contributed by atoms with E-state index in [9.17, 15) is 0 Å². The zero-order chi connectivity index (χ0) is 11.5. The number of nitrogens with zero attached hydrogens (tertiary/aromatic N) is 5. The second kappa shape index (κ2) is 4.35. The Morgan fingerprint density at radius 2 is 2.25 bits per heavy atom. The van der Waals surface area contributed by atoms with Gasteiger partial charge in [-0.05, 0) is 6.26 Å². The van der Waals surface area contributed by atoms with Gasteiger partial charge in [-0.3, -0.25) is 4.68 Å². The standard InChI is InChI=1S/C8H10N6OS/c1-14-4-10-7(13-14)15-6-3-5(9)11-8(12-6)16-2/h3-4H,1-2H3,(H2,9,11,12). The van der Waals surface area contributed by atoms with E-state index in [1.807, 2.05) is 6.26 Å². The van der Waals surface area contributed by atoms with Crippen molar-refractivity contribution in [2.24, 2.45) is 7.05 Å². The molecule has 0 aliphatic heterocycles. The summed E-state index contributed by atoms with van der Waals surface area (Å²) in [5.41, 5.74) is 5.60. The lowest BCUT2D eigenvalue weighted by Gasteiger charge is -2.02. The molecule has 0 aliphatic carbocycles. The van der Waals surface area contributed by atoms with Gasteiger partial charge in [-0.1, -0.05) is 11.8 Å². The number of aromatic nitrogens is 5. The molecule has 2 rings (SSSR count). The second-order valence-corrected chi connectivity index (χ2v) is 3.69. The number of nitrogen functional groups attached to an aromatic ring is 1. The van der Waals surface area contributed by atoms with Gasteiger partial charge in [0.05, 0.1) is 0 Å². The SMILES string of the molecule is CSc1nc(N)cc(Oc2ncn(C)n2)n1.